The highest BCUT2D eigenvalue weighted by atomic mass is 32.1. The van der Waals surface area contributed by atoms with Gasteiger partial charge >= 0.3 is 0 Å². The average Bonchev–Trinajstić information content (AvgIpc) is 3.29. The first kappa shape index (κ1) is 19.5. The minimum Gasteiger partial charge on any atom is -0.497 e. The molecule has 10 heteroatoms. The van der Waals surface area contributed by atoms with E-state index < -0.39 is 10.8 Å². The smallest absolute Gasteiger partial charge is 0.272 e. The van der Waals surface area contributed by atoms with Crippen molar-refractivity contribution < 1.29 is 14.5 Å². The van der Waals surface area contributed by atoms with Crippen LogP contribution in [0.2, 0.25) is 0 Å². The van der Waals surface area contributed by atoms with E-state index in [9.17, 15) is 14.9 Å². The molecule has 1 amide bonds. The molecule has 0 aliphatic heterocycles. The maximum Gasteiger partial charge on any atom is 0.272 e. The van der Waals surface area contributed by atoms with Crippen LogP contribution >= 0.6 is 11.3 Å². The number of anilines is 1. The van der Waals surface area contributed by atoms with Crippen molar-refractivity contribution in [2.24, 2.45) is 0 Å². The number of nitro benzene ring substituents is 1. The Morgan fingerprint density at radius 2 is 2.00 bits per heavy atom. The summed E-state index contributed by atoms with van der Waals surface area (Å²) in [5, 5.41) is 18.9. The number of nitrogens with zero attached hydrogens (tertiary/aromatic N) is 4. The lowest BCUT2D eigenvalue weighted by molar-refractivity contribution is -0.385. The van der Waals surface area contributed by atoms with E-state index in [0.717, 1.165) is 16.0 Å². The number of methoxy groups -OCH3 is 1. The van der Waals surface area contributed by atoms with Crippen LogP contribution in [0, 0.1) is 24.0 Å². The fourth-order valence-electron chi connectivity index (χ4n) is 3.03. The van der Waals surface area contributed by atoms with Crippen molar-refractivity contribution in [1.29, 1.82) is 0 Å². The van der Waals surface area contributed by atoms with Crippen LogP contribution in [0.5, 0.6) is 5.75 Å². The maximum atomic E-state index is 12.7. The number of ether oxygens (including phenoxy) is 1. The van der Waals surface area contributed by atoms with Gasteiger partial charge in [-0.1, -0.05) is 11.3 Å². The van der Waals surface area contributed by atoms with Crippen LogP contribution in [0.3, 0.4) is 0 Å². The fraction of sp³-hybridized carbons (Fsp3) is 0.150. The summed E-state index contributed by atoms with van der Waals surface area (Å²) in [6, 6.07) is 11.6. The van der Waals surface area contributed by atoms with Crippen molar-refractivity contribution in [3.05, 3.63) is 69.4 Å². The Hall–Kier alpha value is -3.79. The van der Waals surface area contributed by atoms with Gasteiger partial charge in [0.2, 0.25) is 5.13 Å². The Balaban J connectivity index is 1.66. The van der Waals surface area contributed by atoms with Gasteiger partial charge in [-0.2, -0.15) is 9.78 Å². The number of fused-ring (bicyclic) bond motifs is 1. The largest absolute Gasteiger partial charge is 0.497 e. The molecule has 0 aliphatic rings. The van der Waals surface area contributed by atoms with E-state index in [1.54, 1.807) is 24.8 Å². The highest BCUT2D eigenvalue weighted by Gasteiger charge is 2.18. The number of benzene rings is 2. The van der Waals surface area contributed by atoms with Gasteiger partial charge in [0.1, 0.15) is 11.6 Å². The van der Waals surface area contributed by atoms with Crippen molar-refractivity contribution in [1.82, 2.24) is 14.8 Å². The van der Waals surface area contributed by atoms with Crippen molar-refractivity contribution in [3.8, 4) is 10.9 Å². The summed E-state index contributed by atoms with van der Waals surface area (Å²) >= 11 is 1.42. The Bertz CT molecular complexity index is 1290. The number of aromatic nitrogens is 3. The first-order valence-electron chi connectivity index (χ1n) is 8.93. The summed E-state index contributed by atoms with van der Waals surface area (Å²) in [4.78, 5) is 27.9. The molecule has 2 aromatic carbocycles. The highest BCUT2D eigenvalue weighted by Crippen LogP contribution is 2.30. The third-order valence-corrected chi connectivity index (χ3v) is 5.49. The molecule has 0 radical (unpaired) electrons. The number of thiazole rings is 1. The number of amides is 1. The molecule has 0 bridgehead atoms. The first-order valence-corrected chi connectivity index (χ1v) is 9.75. The molecule has 4 aromatic rings. The molecule has 0 saturated heterocycles. The summed E-state index contributed by atoms with van der Waals surface area (Å²) in [6.07, 6.45) is 0. The van der Waals surface area contributed by atoms with E-state index in [0.29, 0.717) is 27.8 Å². The third-order valence-electron chi connectivity index (χ3n) is 4.49. The molecule has 0 fully saturated rings. The second-order valence-corrected chi connectivity index (χ2v) is 7.63. The highest BCUT2D eigenvalue weighted by molar-refractivity contribution is 7.20. The number of nitro groups is 1. The summed E-state index contributed by atoms with van der Waals surface area (Å²) in [6.45, 7) is 3.41. The molecule has 2 aromatic heterocycles. The Morgan fingerprint density at radius 1 is 1.20 bits per heavy atom. The second-order valence-electron chi connectivity index (χ2n) is 6.63. The summed E-state index contributed by atoms with van der Waals surface area (Å²) in [5.41, 5.74) is 2.21. The normalized spacial score (nSPS) is 10.9. The van der Waals surface area contributed by atoms with Gasteiger partial charge in [0.15, 0.2) is 0 Å². The van der Waals surface area contributed by atoms with E-state index >= 15 is 0 Å². The molecule has 2 heterocycles. The Kier molecular flexibility index (Phi) is 4.92. The van der Waals surface area contributed by atoms with Gasteiger partial charge in [-0.3, -0.25) is 14.9 Å². The first-order chi connectivity index (χ1) is 14.4. The minimum absolute atomic E-state index is 0.0302. The van der Waals surface area contributed by atoms with Gasteiger partial charge < -0.3 is 10.1 Å². The number of aryl methyl sites for hydroxylation is 2. The fourth-order valence-corrected chi connectivity index (χ4v) is 3.99. The quantitative estimate of drug-likeness (QED) is 0.379. The van der Waals surface area contributed by atoms with E-state index in [4.69, 9.17) is 4.74 Å². The Morgan fingerprint density at radius 3 is 2.70 bits per heavy atom. The molecule has 0 atom stereocenters. The molecule has 152 valence electrons. The number of rotatable bonds is 5. The summed E-state index contributed by atoms with van der Waals surface area (Å²) < 4.78 is 7.76. The molecule has 0 aliphatic carbocycles. The van der Waals surface area contributed by atoms with Crippen LogP contribution in [-0.4, -0.2) is 32.7 Å². The zero-order valence-electron chi connectivity index (χ0n) is 16.4. The van der Waals surface area contributed by atoms with Gasteiger partial charge in [0, 0.05) is 23.3 Å². The van der Waals surface area contributed by atoms with Gasteiger partial charge in [-0.05, 0) is 44.2 Å². The summed E-state index contributed by atoms with van der Waals surface area (Å²) in [7, 11) is 1.60. The lowest BCUT2D eigenvalue weighted by Gasteiger charge is -2.07. The van der Waals surface area contributed by atoms with E-state index in [1.165, 1.54) is 29.5 Å². The van der Waals surface area contributed by atoms with Gasteiger partial charge in [-0.15, -0.1) is 0 Å². The van der Waals surface area contributed by atoms with Gasteiger partial charge in [0.05, 0.1) is 27.9 Å². The van der Waals surface area contributed by atoms with Crippen molar-refractivity contribution in [2.75, 3.05) is 12.4 Å². The van der Waals surface area contributed by atoms with E-state index in [2.05, 4.69) is 15.4 Å². The molecule has 0 spiro atoms. The third kappa shape index (κ3) is 3.60. The average molecular weight is 423 g/mol. The molecule has 30 heavy (non-hydrogen) atoms. The van der Waals surface area contributed by atoms with Crippen LogP contribution in [0.1, 0.15) is 21.6 Å². The predicted molar refractivity (Wildman–Crippen MR) is 114 cm³/mol. The van der Waals surface area contributed by atoms with Crippen LogP contribution < -0.4 is 10.1 Å². The predicted octanol–water partition coefficient (Wildman–Crippen LogP) is 4.27. The number of carbonyl (C=O) groups excluding carboxylic acids is 1. The SMILES string of the molecule is COc1ccc2nc(-n3nc(C)cc3NC(=O)c3ccc([N+](=O)[O-])c(C)c3)sc2c1. The second kappa shape index (κ2) is 7.56. The van der Waals surface area contributed by atoms with Crippen LogP contribution in [0.25, 0.3) is 15.3 Å². The standard InChI is InChI=1S/C20H17N5O4S/c1-11-8-13(4-7-16(11)25(27)28)19(26)22-18-9-12(2)23-24(18)20-21-15-6-5-14(29-3)10-17(15)30-20/h4-10H,1-3H3,(H,22,26). The minimum atomic E-state index is -0.475. The number of hydrogen-bond acceptors (Lipinski definition) is 7. The number of nitrogens with one attached hydrogen (secondary N) is 1. The summed E-state index contributed by atoms with van der Waals surface area (Å²) in [5.74, 6) is 0.799. The van der Waals surface area contributed by atoms with Crippen LogP contribution in [0.4, 0.5) is 11.5 Å². The van der Waals surface area contributed by atoms with Crippen LogP contribution in [0.15, 0.2) is 42.5 Å². The van der Waals surface area contributed by atoms with E-state index in [1.807, 2.05) is 25.1 Å². The molecule has 9 nitrogen and oxygen atoms in total. The Labute approximate surface area is 175 Å². The van der Waals surface area contributed by atoms with E-state index in [-0.39, 0.29) is 5.69 Å². The molecule has 0 saturated carbocycles. The molecule has 0 unspecified atom stereocenters. The molecular formula is C20H17N5O4S. The molecular weight excluding hydrogens is 406 g/mol. The maximum absolute atomic E-state index is 12.7. The number of hydrogen-bond donors (Lipinski definition) is 1. The zero-order valence-corrected chi connectivity index (χ0v) is 17.2. The monoisotopic (exact) mass is 423 g/mol. The zero-order chi connectivity index (χ0) is 21.4. The lowest BCUT2D eigenvalue weighted by Crippen LogP contribution is -2.15. The van der Waals surface area contributed by atoms with Crippen molar-refractivity contribution in [2.45, 2.75) is 13.8 Å². The van der Waals surface area contributed by atoms with Gasteiger partial charge in [0.25, 0.3) is 11.6 Å². The van der Waals surface area contributed by atoms with Crippen molar-refractivity contribution >= 4 is 39.0 Å². The van der Waals surface area contributed by atoms with Crippen LogP contribution in [-0.2, 0) is 0 Å². The number of carbonyl (C=O) groups is 1. The lowest BCUT2D eigenvalue weighted by atomic mass is 10.1. The molecule has 4 rings (SSSR count). The van der Waals surface area contributed by atoms with Gasteiger partial charge in [-0.25, -0.2) is 4.98 Å². The topological polar surface area (TPSA) is 112 Å². The van der Waals surface area contributed by atoms with Crippen molar-refractivity contribution in [3.63, 3.8) is 0 Å². The molecule has 1 N–H and O–H groups in total.